The molecule has 0 radical (unpaired) electrons. The van der Waals surface area contributed by atoms with Crippen molar-refractivity contribution < 1.29 is 4.39 Å². The molecule has 0 aromatic heterocycles. The van der Waals surface area contributed by atoms with Gasteiger partial charge in [-0.2, -0.15) is 0 Å². The molecule has 0 N–H and O–H groups in total. The summed E-state index contributed by atoms with van der Waals surface area (Å²) in [5.41, 5.74) is 4.63. The fourth-order valence-electron chi connectivity index (χ4n) is 5.14. The summed E-state index contributed by atoms with van der Waals surface area (Å²) in [4.78, 5) is 0. The Balaban J connectivity index is 1.42. The van der Waals surface area contributed by atoms with Crippen molar-refractivity contribution in [2.24, 2.45) is 11.8 Å². The molecule has 1 fully saturated rings. The van der Waals surface area contributed by atoms with Crippen LogP contribution in [0.3, 0.4) is 0 Å². The third kappa shape index (κ3) is 4.77. The van der Waals surface area contributed by atoms with Crippen LogP contribution in [0.25, 0.3) is 21.9 Å². The number of hydrogen-bond acceptors (Lipinski definition) is 0. The zero-order chi connectivity index (χ0) is 20.9. The molecular formula is C29H35F. The maximum Gasteiger partial charge on any atom is 0.134 e. The van der Waals surface area contributed by atoms with Gasteiger partial charge in [0.25, 0.3) is 0 Å². The van der Waals surface area contributed by atoms with E-state index in [-0.39, 0.29) is 5.82 Å². The van der Waals surface area contributed by atoms with E-state index in [0.717, 1.165) is 46.6 Å². The Morgan fingerprint density at radius 3 is 2.17 bits per heavy atom. The van der Waals surface area contributed by atoms with Crippen LogP contribution in [0.15, 0.2) is 54.6 Å². The van der Waals surface area contributed by atoms with Crippen LogP contribution in [0.2, 0.25) is 0 Å². The van der Waals surface area contributed by atoms with Crippen molar-refractivity contribution in [1.82, 2.24) is 0 Å². The quantitative estimate of drug-likeness (QED) is 0.370. The van der Waals surface area contributed by atoms with Crippen LogP contribution in [-0.2, 0) is 12.8 Å². The van der Waals surface area contributed by atoms with E-state index in [4.69, 9.17) is 0 Å². The lowest BCUT2D eigenvalue weighted by molar-refractivity contribution is 0.259. The number of benzene rings is 3. The SMILES string of the molecule is CCCc1ccc2cc(-c3ccc(CCC4CCC(CC)CC4)cc3)ccc2c1F. The van der Waals surface area contributed by atoms with Gasteiger partial charge in [-0.05, 0) is 64.8 Å². The summed E-state index contributed by atoms with van der Waals surface area (Å²) >= 11 is 0. The molecule has 1 heteroatoms. The van der Waals surface area contributed by atoms with E-state index < -0.39 is 0 Å². The van der Waals surface area contributed by atoms with Crippen molar-refractivity contribution >= 4 is 10.8 Å². The minimum Gasteiger partial charge on any atom is -0.206 e. The van der Waals surface area contributed by atoms with E-state index in [1.54, 1.807) is 0 Å². The van der Waals surface area contributed by atoms with Crippen LogP contribution < -0.4 is 0 Å². The molecule has 158 valence electrons. The first-order chi connectivity index (χ1) is 14.7. The number of hydrogen-bond donors (Lipinski definition) is 0. The minimum absolute atomic E-state index is 0.0516. The predicted molar refractivity (Wildman–Crippen MR) is 127 cm³/mol. The molecule has 4 rings (SSSR count). The normalized spacial score (nSPS) is 19.3. The van der Waals surface area contributed by atoms with Gasteiger partial charge in [-0.3, -0.25) is 0 Å². The predicted octanol–water partition coefficient (Wildman–Crippen LogP) is 8.75. The largest absolute Gasteiger partial charge is 0.206 e. The molecule has 0 amide bonds. The van der Waals surface area contributed by atoms with Crippen LogP contribution in [0, 0.1) is 17.7 Å². The zero-order valence-electron chi connectivity index (χ0n) is 18.6. The smallest absolute Gasteiger partial charge is 0.134 e. The van der Waals surface area contributed by atoms with Gasteiger partial charge in [0.2, 0.25) is 0 Å². The fraction of sp³-hybridized carbons (Fsp3) is 0.448. The molecule has 0 unspecified atom stereocenters. The van der Waals surface area contributed by atoms with Crippen LogP contribution >= 0.6 is 0 Å². The number of aryl methyl sites for hydroxylation is 2. The van der Waals surface area contributed by atoms with Gasteiger partial charge in [0, 0.05) is 5.39 Å². The van der Waals surface area contributed by atoms with Crippen LogP contribution in [0.4, 0.5) is 4.39 Å². The van der Waals surface area contributed by atoms with Gasteiger partial charge in [-0.25, -0.2) is 4.39 Å². The van der Waals surface area contributed by atoms with Crippen molar-refractivity contribution in [3.8, 4) is 11.1 Å². The van der Waals surface area contributed by atoms with Gasteiger partial charge in [0.05, 0.1) is 0 Å². The second-order valence-electron chi connectivity index (χ2n) is 9.26. The van der Waals surface area contributed by atoms with Crippen molar-refractivity contribution in [3.63, 3.8) is 0 Å². The van der Waals surface area contributed by atoms with Gasteiger partial charge >= 0.3 is 0 Å². The molecule has 1 aliphatic rings. The van der Waals surface area contributed by atoms with Gasteiger partial charge in [0.15, 0.2) is 0 Å². The van der Waals surface area contributed by atoms with E-state index in [9.17, 15) is 4.39 Å². The van der Waals surface area contributed by atoms with Crippen molar-refractivity contribution in [3.05, 3.63) is 71.5 Å². The van der Waals surface area contributed by atoms with Crippen LogP contribution in [-0.4, -0.2) is 0 Å². The molecule has 3 aromatic carbocycles. The summed E-state index contributed by atoms with van der Waals surface area (Å²) in [6.07, 6.45) is 11.3. The molecule has 1 saturated carbocycles. The molecular weight excluding hydrogens is 367 g/mol. The Morgan fingerprint density at radius 1 is 0.767 bits per heavy atom. The van der Waals surface area contributed by atoms with Gasteiger partial charge in [0.1, 0.15) is 5.82 Å². The maximum absolute atomic E-state index is 14.7. The zero-order valence-corrected chi connectivity index (χ0v) is 18.6. The molecule has 0 bridgehead atoms. The highest BCUT2D eigenvalue weighted by Gasteiger charge is 2.19. The highest BCUT2D eigenvalue weighted by molar-refractivity contribution is 5.88. The third-order valence-corrected chi connectivity index (χ3v) is 7.23. The van der Waals surface area contributed by atoms with E-state index in [1.165, 1.54) is 56.1 Å². The Labute approximate surface area is 181 Å². The van der Waals surface area contributed by atoms with Gasteiger partial charge in [-0.15, -0.1) is 0 Å². The third-order valence-electron chi connectivity index (χ3n) is 7.23. The highest BCUT2D eigenvalue weighted by Crippen LogP contribution is 2.33. The van der Waals surface area contributed by atoms with E-state index in [1.807, 2.05) is 12.1 Å². The lowest BCUT2D eigenvalue weighted by Gasteiger charge is -2.27. The van der Waals surface area contributed by atoms with Crippen molar-refractivity contribution in [1.29, 1.82) is 0 Å². The second kappa shape index (κ2) is 9.77. The Kier molecular flexibility index (Phi) is 6.87. The first kappa shape index (κ1) is 21.1. The fourth-order valence-corrected chi connectivity index (χ4v) is 5.14. The average molecular weight is 403 g/mol. The molecule has 0 saturated heterocycles. The van der Waals surface area contributed by atoms with E-state index >= 15 is 0 Å². The first-order valence-electron chi connectivity index (χ1n) is 12.0. The molecule has 3 aromatic rings. The molecule has 0 aliphatic heterocycles. The lowest BCUT2D eigenvalue weighted by Crippen LogP contribution is -2.14. The summed E-state index contributed by atoms with van der Waals surface area (Å²) < 4.78 is 14.7. The number of halogens is 1. The minimum atomic E-state index is -0.0516. The standard InChI is InChI=1S/C29H35F/c1-3-5-25-16-17-27-20-26(18-19-28(27)29(25)30)24-14-12-23(13-15-24)11-10-22-8-6-21(4-2)7-9-22/h12-22H,3-11H2,1-2H3. The van der Waals surface area contributed by atoms with Crippen molar-refractivity contribution in [2.45, 2.75) is 71.6 Å². The maximum atomic E-state index is 14.7. The molecule has 0 heterocycles. The first-order valence-corrected chi connectivity index (χ1v) is 12.0. The summed E-state index contributed by atoms with van der Waals surface area (Å²) in [6.45, 7) is 4.43. The lowest BCUT2D eigenvalue weighted by atomic mass is 9.78. The topological polar surface area (TPSA) is 0 Å². The summed E-state index contributed by atoms with van der Waals surface area (Å²) in [6, 6.07) is 19.1. The molecule has 1 aliphatic carbocycles. The van der Waals surface area contributed by atoms with E-state index in [2.05, 4.69) is 56.3 Å². The van der Waals surface area contributed by atoms with E-state index in [0.29, 0.717) is 0 Å². The Morgan fingerprint density at radius 2 is 1.47 bits per heavy atom. The van der Waals surface area contributed by atoms with Crippen LogP contribution in [0.1, 0.15) is 69.9 Å². The van der Waals surface area contributed by atoms with Gasteiger partial charge in [-0.1, -0.05) is 101 Å². The van der Waals surface area contributed by atoms with Crippen LogP contribution in [0.5, 0.6) is 0 Å². The summed E-state index contributed by atoms with van der Waals surface area (Å²) in [5, 5.41) is 1.72. The molecule has 30 heavy (non-hydrogen) atoms. The average Bonchev–Trinajstić information content (AvgIpc) is 2.80. The van der Waals surface area contributed by atoms with Crippen molar-refractivity contribution in [2.75, 3.05) is 0 Å². The molecule has 0 atom stereocenters. The molecule has 0 spiro atoms. The number of rotatable bonds is 7. The summed E-state index contributed by atoms with van der Waals surface area (Å²) in [5.74, 6) is 1.85. The summed E-state index contributed by atoms with van der Waals surface area (Å²) in [7, 11) is 0. The molecule has 0 nitrogen and oxygen atoms in total. The second-order valence-corrected chi connectivity index (χ2v) is 9.26. The highest BCUT2D eigenvalue weighted by atomic mass is 19.1. The Bertz CT molecular complexity index is 962. The van der Waals surface area contributed by atoms with Gasteiger partial charge < -0.3 is 0 Å². The Hall–Kier alpha value is -2.15. The number of fused-ring (bicyclic) bond motifs is 1. The monoisotopic (exact) mass is 402 g/mol.